The fourth-order valence-electron chi connectivity index (χ4n) is 1.15. The highest BCUT2D eigenvalue weighted by Crippen LogP contribution is 2.20. The first-order valence-corrected chi connectivity index (χ1v) is 4.89. The van der Waals surface area contributed by atoms with Crippen molar-refractivity contribution >= 4 is 24.0 Å². The summed E-state index contributed by atoms with van der Waals surface area (Å²) in [6.45, 7) is 8.80. The Kier molecular flexibility index (Phi) is 6.16. The standard InChI is InChI=1S/C9H15ClN2O.ClH/c1-4-12(5-2)6-8-9(10)7(3)11-13-8;/h4-6H2,1-3H3;1H. The molecule has 0 aliphatic carbocycles. The average Bonchev–Trinajstić information content (AvgIpc) is 2.45. The Morgan fingerprint density at radius 2 is 1.93 bits per heavy atom. The summed E-state index contributed by atoms with van der Waals surface area (Å²) >= 11 is 5.98. The van der Waals surface area contributed by atoms with Crippen LogP contribution in [0.5, 0.6) is 0 Å². The fraction of sp³-hybridized carbons (Fsp3) is 0.667. The van der Waals surface area contributed by atoms with Crippen LogP contribution in [0.1, 0.15) is 25.3 Å². The van der Waals surface area contributed by atoms with E-state index in [1.807, 2.05) is 6.92 Å². The minimum atomic E-state index is 0. The molecule has 0 saturated heterocycles. The highest BCUT2D eigenvalue weighted by molar-refractivity contribution is 6.31. The Morgan fingerprint density at radius 3 is 2.29 bits per heavy atom. The number of aryl methyl sites for hydroxylation is 1. The Hall–Kier alpha value is -0.250. The molecule has 0 aliphatic rings. The first-order valence-electron chi connectivity index (χ1n) is 4.52. The van der Waals surface area contributed by atoms with Gasteiger partial charge in [0, 0.05) is 0 Å². The van der Waals surface area contributed by atoms with Gasteiger partial charge in [0.15, 0.2) is 5.76 Å². The highest BCUT2D eigenvalue weighted by Gasteiger charge is 2.12. The van der Waals surface area contributed by atoms with E-state index in [1.165, 1.54) is 0 Å². The molecule has 14 heavy (non-hydrogen) atoms. The van der Waals surface area contributed by atoms with Crippen molar-refractivity contribution in [2.75, 3.05) is 13.1 Å². The van der Waals surface area contributed by atoms with Crippen LogP contribution in [0, 0.1) is 6.92 Å². The van der Waals surface area contributed by atoms with Crippen LogP contribution in [0.3, 0.4) is 0 Å². The van der Waals surface area contributed by atoms with Crippen LogP contribution in [0.2, 0.25) is 5.02 Å². The van der Waals surface area contributed by atoms with Gasteiger partial charge in [-0.1, -0.05) is 30.6 Å². The summed E-state index contributed by atoms with van der Waals surface area (Å²) in [7, 11) is 0. The zero-order valence-corrected chi connectivity index (χ0v) is 10.3. The van der Waals surface area contributed by atoms with Gasteiger partial charge in [-0.25, -0.2) is 0 Å². The number of rotatable bonds is 4. The molecule has 0 amide bonds. The number of nitrogens with zero attached hydrogens (tertiary/aromatic N) is 2. The largest absolute Gasteiger partial charge is 0.358 e. The molecule has 1 aromatic rings. The van der Waals surface area contributed by atoms with Gasteiger partial charge in [-0.05, 0) is 20.0 Å². The topological polar surface area (TPSA) is 29.3 Å². The van der Waals surface area contributed by atoms with Crippen molar-refractivity contribution in [3.8, 4) is 0 Å². The van der Waals surface area contributed by atoms with Crippen LogP contribution in [0.25, 0.3) is 0 Å². The van der Waals surface area contributed by atoms with Crippen LogP contribution >= 0.6 is 24.0 Å². The predicted molar refractivity (Wildman–Crippen MR) is 60.1 cm³/mol. The molecule has 5 heteroatoms. The molecular weight excluding hydrogens is 223 g/mol. The van der Waals surface area contributed by atoms with E-state index < -0.39 is 0 Å². The maximum Gasteiger partial charge on any atom is 0.169 e. The van der Waals surface area contributed by atoms with Gasteiger partial charge in [-0.3, -0.25) is 4.90 Å². The van der Waals surface area contributed by atoms with Gasteiger partial charge in [-0.15, -0.1) is 12.4 Å². The van der Waals surface area contributed by atoms with Gasteiger partial charge in [0.05, 0.1) is 12.2 Å². The first kappa shape index (κ1) is 13.8. The Bertz CT molecular complexity index is 272. The molecule has 0 saturated carbocycles. The molecular formula is C9H16Cl2N2O. The van der Waals surface area contributed by atoms with Crippen LogP contribution in [-0.2, 0) is 6.54 Å². The Balaban J connectivity index is 0.00000169. The lowest BCUT2D eigenvalue weighted by atomic mass is 10.3. The van der Waals surface area contributed by atoms with E-state index in [-0.39, 0.29) is 12.4 Å². The van der Waals surface area contributed by atoms with Crippen molar-refractivity contribution < 1.29 is 4.52 Å². The first-order chi connectivity index (χ1) is 6.19. The summed E-state index contributed by atoms with van der Waals surface area (Å²) in [5.41, 5.74) is 0.767. The van der Waals surface area contributed by atoms with Crippen molar-refractivity contribution in [2.24, 2.45) is 0 Å². The van der Waals surface area contributed by atoms with Gasteiger partial charge < -0.3 is 4.52 Å². The molecule has 1 heterocycles. The second-order valence-corrected chi connectivity index (χ2v) is 3.34. The van der Waals surface area contributed by atoms with Crippen LogP contribution in [-0.4, -0.2) is 23.1 Å². The minimum absolute atomic E-state index is 0. The van der Waals surface area contributed by atoms with Crippen molar-refractivity contribution in [3.63, 3.8) is 0 Å². The van der Waals surface area contributed by atoms with Gasteiger partial charge in [-0.2, -0.15) is 0 Å². The third-order valence-electron chi connectivity index (χ3n) is 2.12. The summed E-state index contributed by atoms with van der Waals surface area (Å²) in [5.74, 6) is 0.767. The highest BCUT2D eigenvalue weighted by atomic mass is 35.5. The zero-order chi connectivity index (χ0) is 9.84. The number of halogens is 2. The molecule has 0 aromatic carbocycles. The average molecular weight is 239 g/mol. The van der Waals surface area contributed by atoms with E-state index in [9.17, 15) is 0 Å². The van der Waals surface area contributed by atoms with E-state index in [2.05, 4.69) is 23.9 Å². The molecule has 0 aliphatic heterocycles. The summed E-state index contributed by atoms with van der Waals surface area (Å²) in [5, 5.41) is 4.46. The summed E-state index contributed by atoms with van der Waals surface area (Å²) in [6.07, 6.45) is 0. The monoisotopic (exact) mass is 238 g/mol. The van der Waals surface area contributed by atoms with E-state index in [1.54, 1.807) is 0 Å². The zero-order valence-electron chi connectivity index (χ0n) is 8.71. The maximum atomic E-state index is 5.98. The smallest absolute Gasteiger partial charge is 0.169 e. The molecule has 0 spiro atoms. The van der Waals surface area contributed by atoms with Gasteiger partial charge in [0.2, 0.25) is 0 Å². The van der Waals surface area contributed by atoms with Gasteiger partial charge >= 0.3 is 0 Å². The quantitative estimate of drug-likeness (QED) is 0.808. The number of aromatic nitrogens is 1. The van der Waals surface area contributed by atoms with Crippen LogP contribution in [0.15, 0.2) is 4.52 Å². The normalized spacial score (nSPS) is 10.4. The lowest BCUT2D eigenvalue weighted by Gasteiger charge is -2.15. The number of hydrogen-bond donors (Lipinski definition) is 0. The minimum Gasteiger partial charge on any atom is -0.358 e. The molecule has 0 atom stereocenters. The van der Waals surface area contributed by atoms with Gasteiger partial charge in [0.1, 0.15) is 5.02 Å². The molecule has 0 N–H and O–H groups in total. The van der Waals surface area contributed by atoms with E-state index in [4.69, 9.17) is 16.1 Å². The van der Waals surface area contributed by atoms with E-state index in [0.717, 1.165) is 31.1 Å². The molecule has 1 aromatic heterocycles. The van der Waals surface area contributed by atoms with Crippen LogP contribution in [0.4, 0.5) is 0 Å². The number of hydrogen-bond acceptors (Lipinski definition) is 3. The van der Waals surface area contributed by atoms with E-state index >= 15 is 0 Å². The Labute approximate surface area is 95.8 Å². The fourth-order valence-corrected chi connectivity index (χ4v) is 1.28. The van der Waals surface area contributed by atoms with Crippen LogP contribution < -0.4 is 0 Å². The SMILES string of the molecule is CCN(CC)Cc1onc(C)c1Cl.Cl. The lowest BCUT2D eigenvalue weighted by Crippen LogP contribution is -2.21. The molecule has 0 bridgehead atoms. The molecule has 1 rings (SSSR count). The van der Waals surface area contributed by atoms with Crippen molar-refractivity contribution in [1.82, 2.24) is 10.1 Å². The molecule has 0 unspecified atom stereocenters. The molecule has 3 nitrogen and oxygen atoms in total. The van der Waals surface area contributed by atoms with Crippen molar-refractivity contribution in [2.45, 2.75) is 27.3 Å². The van der Waals surface area contributed by atoms with Crippen molar-refractivity contribution in [3.05, 3.63) is 16.5 Å². The maximum absolute atomic E-state index is 5.98. The Morgan fingerprint density at radius 1 is 1.36 bits per heavy atom. The van der Waals surface area contributed by atoms with Crippen molar-refractivity contribution in [1.29, 1.82) is 0 Å². The summed E-state index contributed by atoms with van der Waals surface area (Å²) < 4.78 is 5.11. The second kappa shape index (κ2) is 6.27. The molecule has 0 radical (unpaired) electrons. The van der Waals surface area contributed by atoms with E-state index in [0.29, 0.717) is 5.02 Å². The third-order valence-corrected chi connectivity index (χ3v) is 2.60. The second-order valence-electron chi connectivity index (χ2n) is 2.97. The third kappa shape index (κ3) is 3.15. The summed E-state index contributed by atoms with van der Waals surface area (Å²) in [4.78, 5) is 2.23. The summed E-state index contributed by atoms with van der Waals surface area (Å²) in [6, 6.07) is 0. The predicted octanol–water partition coefficient (Wildman–Crippen LogP) is 2.90. The lowest BCUT2D eigenvalue weighted by molar-refractivity contribution is 0.251. The van der Waals surface area contributed by atoms with Gasteiger partial charge in [0.25, 0.3) is 0 Å². The molecule has 82 valence electrons. The molecule has 0 fully saturated rings.